The molecule has 0 fully saturated rings. The van der Waals surface area contributed by atoms with Crippen LogP contribution in [0.3, 0.4) is 0 Å². The van der Waals surface area contributed by atoms with Crippen molar-refractivity contribution in [3.8, 4) is 11.5 Å². The lowest BCUT2D eigenvalue weighted by molar-refractivity contribution is -0.107. The largest absolute Gasteiger partial charge is 0.504 e. The Bertz CT molecular complexity index is 539. The fraction of sp³-hybridized carbons (Fsp3) is 0.222. The molecule has 1 aromatic carbocycles. The van der Waals surface area contributed by atoms with Crippen molar-refractivity contribution in [1.82, 2.24) is 0 Å². The number of ether oxygens (including phenoxy) is 1. The van der Waals surface area contributed by atoms with E-state index in [1.165, 1.54) is 7.11 Å². The van der Waals surface area contributed by atoms with Crippen molar-refractivity contribution < 1.29 is 27.6 Å². The number of carbonyl (C=O) groups excluding carboxylic acids is 1. The normalized spacial score (nSPS) is 13.1. The van der Waals surface area contributed by atoms with Gasteiger partial charge >= 0.3 is 0 Å². The summed E-state index contributed by atoms with van der Waals surface area (Å²) < 4.78 is 35.5. The number of phenols is 1. The van der Waals surface area contributed by atoms with Crippen molar-refractivity contribution in [3.63, 3.8) is 0 Å². The van der Waals surface area contributed by atoms with Gasteiger partial charge in [0.05, 0.1) is 7.11 Å². The first-order valence-electron chi connectivity index (χ1n) is 4.29. The minimum absolute atomic E-state index is 0.0348. The standard InChI is InChI=1S/C9H9ClO6S/c1-16-8-2-5(6(10)3-7(8)12)9(4-11)17(13,14)15/h2-4,9,12H,1H3,(H,13,14,15). The van der Waals surface area contributed by atoms with E-state index in [4.69, 9.17) is 20.9 Å². The fourth-order valence-corrected chi connectivity index (χ4v) is 2.24. The molecule has 1 unspecified atom stereocenters. The molecule has 0 radical (unpaired) electrons. The third-order valence-electron chi connectivity index (χ3n) is 2.05. The first-order valence-corrected chi connectivity index (χ1v) is 6.17. The van der Waals surface area contributed by atoms with Gasteiger partial charge in [-0.25, -0.2) is 0 Å². The number of halogens is 1. The number of phenolic OH excluding ortho intramolecular Hbond substituents is 1. The third kappa shape index (κ3) is 2.87. The average Bonchev–Trinajstić information content (AvgIpc) is 2.20. The Balaban J connectivity index is 3.44. The van der Waals surface area contributed by atoms with E-state index in [0.29, 0.717) is 0 Å². The first-order chi connectivity index (χ1) is 7.81. The maximum absolute atomic E-state index is 11.0. The predicted molar refractivity (Wildman–Crippen MR) is 60.0 cm³/mol. The predicted octanol–water partition coefficient (Wildman–Crippen LogP) is 1.18. The molecule has 0 saturated carbocycles. The van der Waals surface area contributed by atoms with Gasteiger partial charge < -0.3 is 14.6 Å². The monoisotopic (exact) mass is 280 g/mol. The molecular formula is C9H9ClO6S. The molecule has 0 amide bonds. The van der Waals surface area contributed by atoms with Gasteiger partial charge in [-0.05, 0) is 6.07 Å². The highest BCUT2D eigenvalue weighted by Crippen LogP contribution is 2.36. The average molecular weight is 281 g/mol. The number of methoxy groups -OCH3 is 1. The molecule has 17 heavy (non-hydrogen) atoms. The summed E-state index contributed by atoms with van der Waals surface area (Å²) in [6, 6.07) is 2.10. The molecule has 0 aliphatic rings. The van der Waals surface area contributed by atoms with Crippen LogP contribution in [0.5, 0.6) is 11.5 Å². The smallest absolute Gasteiger partial charge is 0.279 e. The summed E-state index contributed by atoms with van der Waals surface area (Å²) in [6.45, 7) is 0. The molecule has 0 aliphatic carbocycles. The van der Waals surface area contributed by atoms with Crippen LogP contribution in [0, 0.1) is 0 Å². The highest BCUT2D eigenvalue weighted by atomic mass is 35.5. The van der Waals surface area contributed by atoms with Crippen molar-refractivity contribution in [2.75, 3.05) is 7.11 Å². The Hall–Kier alpha value is -1.31. The summed E-state index contributed by atoms with van der Waals surface area (Å²) in [4.78, 5) is 10.7. The number of carbonyl (C=O) groups is 1. The fourth-order valence-electron chi connectivity index (χ4n) is 1.24. The van der Waals surface area contributed by atoms with Crippen LogP contribution in [0.4, 0.5) is 0 Å². The van der Waals surface area contributed by atoms with E-state index >= 15 is 0 Å². The molecule has 0 saturated heterocycles. The van der Waals surface area contributed by atoms with Crippen LogP contribution >= 0.6 is 11.6 Å². The summed E-state index contributed by atoms with van der Waals surface area (Å²) in [6.07, 6.45) is 0.0348. The van der Waals surface area contributed by atoms with Crippen molar-refractivity contribution in [2.45, 2.75) is 5.25 Å². The van der Waals surface area contributed by atoms with Gasteiger partial charge in [-0.3, -0.25) is 4.55 Å². The molecule has 1 atom stereocenters. The van der Waals surface area contributed by atoms with Gasteiger partial charge in [0, 0.05) is 16.7 Å². The molecule has 8 heteroatoms. The molecule has 0 spiro atoms. The zero-order chi connectivity index (χ0) is 13.2. The third-order valence-corrected chi connectivity index (χ3v) is 3.38. The van der Waals surface area contributed by atoms with E-state index in [1.807, 2.05) is 0 Å². The summed E-state index contributed by atoms with van der Waals surface area (Å²) in [5.74, 6) is -0.360. The van der Waals surface area contributed by atoms with E-state index in [0.717, 1.165) is 12.1 Å². The summed E-state index contributed by atoms with van der Waals surface area (Å²) in [7, 11) is -3.37. The van der Waals surface area contributed by atoms with E-state index < -0.39 is 15.4 Å². The number of rotatable bonds is 4. The van der Waals surface area contributed by atoms with Crippen molar-refractivity contribution >= 4 is 28.0 Å². The van der Waals surface area contributed by atoms with Gasteiger partial charge in [0.2, 0.25) is 0 Å². The van der Waals surface area contributed by atoms with Crippen LogP contribution in [0.25, 0.3) is 0 Å². The minimum Gasteiger partial charge on any atom is -0.504 e. The molecule has 2 N–H and O–H groups in total. The Kier molecular flexibility index (Phi) is 3.97. The van der Waals surface area contributed by atoms with Gasteiger partial charge in [-0.2, -0.15) is 8.42 Å². The molecule has 0 aromatic heterocycles. The van der Waals surface area contributed by atoms with E-state index in [9.17, 15) is 18.3 Å². The zero-order valence-corrected chi connectivity index (χ0v) is 10.2. The highest BCUT2D eigenvalue weighted by molar-refractivity contribution is 7.86. The Morgan fingerprint density at radius 2 is 2.06 bits per heavy atom. The SMILES string of the molecule is COc1cc(C(C=O)S(=O)(=O)O)c(Cl)cc1O. The summed E-state index contributed by atoms with van der Waals surface area (Å²) >= 11 is 5.69. The quantitative estimate of drug-likeness (QED) is 0.634. The summed E-state index contributed by atoms with van der Waals surface area (Å²) in [5, 5.41) is 7.38. The maximum Gasteiger partial charge on any atom is 0.279 e. The Morgan fingerprint density at radius 3 is 2.47 bits per heavy atom. The van der Waals surface area contributed by atoms with E-state index in [-0.39, 0.29) is 28.4 Å². The van der Waals surface area contributed by atoms with Gasteiger partial charge in [-0.15, -0.1) is 0 Å². The Morgan fingerprint density at radius 1 is 1.47 bits per heavy atom. The van der Waals surface area contributed by atoms with Crippen LogP contribution < -0.4 is 4.74 Å². The van der Waals surface area contributed by atoms with Crippen LogP contribution in [-0.4, -0.2) is 31.5 Å². The molecule has 6 nitrogen and oxygen atoms in total. The van der Waals surface area contributed by atoms with Gasteiger partial charge in [-0.1, -0.05) is 11.6 Å². The number of hydrogen-bond acceptors (Lipinski definition) is 5. The molecule has 1 rings (SSSR count). The van der Waals surface area contributed by atoms with Crippen molar-refractivity contribution in [3.05, 3.63) is 22.7 Å². The maximum atomic E-state index is 11.0. The number of hydrogen-bond donors (Lipinski definition) is 2. The first kappa shape index (κ1) is 13.8. The number of aldehydes is 1. The molecular weight excluding hydrogens is 272 g/mol. The van der Waals surface area contributed by atoms with Gasteiger partial charge in [0.1, 0.15) is 6.29 Å². The molecule has 0 heterocycles. The lowest BCUT2D eigenvalue weighted by Gasteiger charge is -2.12. The Labute approximate surface area is 103 Å². The van der Waals surface area contributed by atoms with Crippen LogP contribution in [-0.2, 0) is 14.9 Å². The topological polar surface area (TPSA) is 101 Å². The lowest BCUT2D eigenvalue weighted by atomic mass is 10.1. The number of benzene rings is 1. The van der Waals surface area contributed by atoms with Crippen molar-refractivity contribution in [2.24, 2.45) is 0 Å². The van der Waals surface area contributed by atoms with E-state index in [2.05, 4.69) is 0 Å². The zero-order valence-electron chi connectivity index (χ0n) is 8.62. The molecule has 1 aromatic rings. The van der Waals surface area contributed by atoms with Gasteiger partial charge in [0.15, 0.2) is 16.7 Å². The number of aromatic hydroxyl groups is 1. The molecule has 0 bridgehead atoms. The second kappa shape index (κ2) is 4.91. The summed E-state index contributed by atoms with van der Waals surface area (Å²) in [5.41, 5.74) is -0.168. The second-order valence-electron chi connectivity index (χ2n) is 3.12. The minimum atomic E-state index is -4.62. The van der Waals surface area contributed by atoms with Crippen molar-refractivity contribution in [1.29, 1.82) is 0 Å². The second-order valence-corrected chi connectivity index (χ2v) is 5.06. The lowest BCUT2D eigenvalue weighted by Crippen LogP contribution is -2.14. The van der Waals surface area contributed by atoms with Crippen LogP contribution in [0.2, 0.25) is 5.02 Å². The van der Waals surface area contributed by atoms with E-state index in [1.54, 1.807) is 0 Å². The van der Waals surface area contributed by atoms with Gasteiger partial charge in [0.25, 0.3) is 10.1 Å². The van der Waals surface area contributed by atoms with Crippen LogP contribution in [0.1, 0.15) is 10.8 Å². The molecule has 94 valence electrons. The highest BCUT2D eigenvalue weighted by Gasteiger charge is 2.28. The van der Waals surface area contributed by atoms with Crippen LogP contribution in [0.15, 0.2) is 12.1 Å². The molecule has 0 aliphatic heterocycles.